The van der Waals surface area contributed by atoms with E-state index in [1.807, 2.05) is 11.9 Å². The molecule has 1 aliphatic rings. The van der Waals surface area contributed by atoms with Gasteiger partial charge < -0.3 is 0 Å². The van der Waals surface area contributed by atoms with E-state index in [9.17, 15) is 10.1 Å². The van der Waals surface area contributed by atoms with Crippen LogP contribution in [0.25, 0.3) is 0 Å². The molecule has 58 valence electrons. The lowest BCUT2D eigenvalue weighted by Gasteiger charge is -2.25. The second-order valence-electron chi connectivity index (χ2n) is 2.74. The third kappa shape index (κ3) is 1.44. The van der Waals surface area contributed by atoms with E-state index in [0.717, 1.165) is 19.4 Å². The van der Waals surface area contributed by atoms with Crippen LogP contribution in [0.2, 0.25) is 0 Å². The van der Waals surface area contributed by atoms with Crippen molar-refractivity contribution in [1.29, 1.82) is 0 Å². The fraction of sp³-hybridized carbons (Fsp3) is 1.00. The van der Waals surface area contributed by atoms with Crippen molar-refractivity contribution in [1.82, 2.24) is 4.90 Å². The van der Waals surface area contributed by atoms with Crippen molar-refractivity contribution in [3.8, 4) is 0 Å². The highest BCUT2D eigenvalue weighted by Crippen LogP contribution is 2.14. The summed E-state index contributed by atoms with van der Waals surface area (Å²) < 4.78 is 0. The van der Waals surface area contributed by atoms with Gasteiger partial charge in [-0.05, 0) is 19.9 Å². The van der Waals surface area contributed by atoms with Gasteiger partial charge in [0.25, 0.3) is 6.17 Å². The number of rotatable bonds is 1. The molecule has 0 aromatic heterocycles. The van der Waals surface area contributed by atoms with E-state index in [2.05, 4.69) is 0 Å². The van der Waals surface area contributed by atoms with Gasteiger partial charge in [-0.15, -0.1) is 0 Å². The van der Waals surface area contributed by atoms with Crippen LogP contribution in [0, 0.1) is 10.1 Å². The number of piperidine rings is 1. The van der Waals surface area contributed by atoms with E-state index < -0.39 is 6.17 Å². The van der Waals surface area contributed by atoms with Crippen LogP contribution in [-0.4, -0.2) is 29.6 Å². The molecule has 1 aliphatic heterocycles. The molecular formula is C6H12N2O2. The Morgan fingerprint density at radius 2 is 2.30 bits per heavy atom. The van der Waals surface area contributed by atoms with Gasteiger partial charge in [-0.25, -0.2) is 4.90 Å². The average molecular weight is 144 g/mol. The molecule has 1 atom stereocenters. The Morgan fingerprint density at radius 1 is 1.60 bits per heavy atom. The van der Waals surface area contributed by atoms with Crippen LogP contribution in [0.5, 0.6) is 0 Å². The summed E-state index contributed by atoms with van der Waals surface area (Å²) in [4.78, 5) is 11.9. The molecule has 4 heteroatoms. The van der Waals surface area contributed by atoms with Crippen molar-refractivity contribution in [2.75, 3.05) is 13.6 Å². The lowest BCUT2D eigenvalue weighted by atomic mass is 10.1. The highest BCUT2D eigenvalue weighted by molar-refractivity contribution is 4.64. The summed E-state index contributed by atoms with van der Waals surface area (Å²) in [6.45, 7) is 0.867. The molecule has 0 N–H and O–H groups in total. The highest BCUT2D eigenvalue weighted by atomic mass is 16.6. The first-order valence-electron chi connectivity index (χ1n) is 3.55. The lowest BCUT2D eigenvalue weighted by molar-refractivity contribution is -0.552. The first-order chi connectivity index (χ1) is 4.72. The number of nitro groups is 1. The minimum atomic E-state index is -0.422. The predicted molar refractivity (Wildman–Crippen MR) is 37.3 cm³/mol. The molecule has 0 amide bonds. The molecule has 0 aromatic rings. The predicted octanol–water partition coefficient (Wildman–Crippen LogP) is 0.705. The second-order valence-corrected chi connectivity index (χ2v) is 2.74. The zero-order valence-corrected chi connectivity index (χ0v) is 6.12. The van der Waals surface area contributed by atoms with E-state index in [-0.39, 0.29) is 4.92 Å². The third-order valence-corrected chi connectivity index (χ3v) is 1.98. The van der Waals surface area contributed by atoms with Crippen LogP contribution in [0.1, 0.15) is 19.3 Å². The first-order valence-corrected chi connectivity index (χ1v) is 3.55. The minimum Gasteiger partial charge on any atom is -0.263 e. The summed E-state index contributed by atoms with van der Waals surface area (Å²) in [5, 5.41) is 10.3. The molecule has 1 unspecified atom stereocenters. The fourth-order valence-electron chi connectivity index (χ4n) is 1.32. The number of likely N-dealkylation sites (tertiary alicyclic amines) is 1. The van der Waals surface area contributed by atoms with Gasteiger partial charge in [-0.2, -0.15) is 0 Å². The van der Waals surface area contributed by atoms with Crippen LogP contribution in [-0.2, 0) is 0 Å². The third-order valence-electron chi connectivity index (χ3n) is 1.98. The lowest BCUT2D eigenvalue weighted by Crippen LogP contribution is -2.41. The normalized spacial score (nSPS) is 28.3. The van der Waals surface area contributed by atoms with Gasteiger partial charge in [-0.3, -0.25) is 10.1 Å². The zero-order chi connectivity index (χ0) is 7.56. The molecule has 0 spiro atoms. The Kier molecular flexibility index (Phi) is 2.21. The quantitative estimate of drug-likeness (QED) is 0.402. The average Bonchev–Trinajstić information content (AvgIpc) is 1.88. The van der Waals surface area contributed by atoms with Crippen molar-refractivity contribution in [3.05, 3.63) is 10.1 Å². The van der Waals surface area contributed by atoms with Gasteiger partial charge in [0, 0.05) is 17.9 Å². The Morgan fingerprint density at radius 3 is 2.70 bits per heavy atom. The summed E-state index contributed by atoms with van der Waals surface area (Å²) in [5.74, 6) is 0. The molecule has 1 heterocycles. The smallest absolute Gasteiger partial charge is 0.263 e. The van der Waals surface area contributed by atoms with Crippen molar-refractivity contribution in [2.24, 2.45) is 0 Å². The largest absolute Gasteiger partial charge is 0.268 e. The van der Waals surface area contributed by atoms with E-state index >= 15 is 0 Å². The molecule has 1 fully saturated rings. The fourth-order valence-corrected chi connectivity index (χ4v) is 1.32. The van der Waals surface area contributed by atoms with Gasteiger partial charge in [0.1, 0.15) is 0 Å². The van der Waals surface area contributed by atoms with Gasteiger partial charge >= 0.3 is 0 Å². The Bertz CT molecular complexity index is 138. The maximum Gasteiger partial charge on any atom is 0.268 e. The van der Waals surface area contributed by atoms with Crippen LogP contribution in [0.15, 0.2) is 0 Å². The molecule has 1 saturated heterocycles. The molecule has 0 saturated carbocycles. The second kappa shape index (κ2) is 2.96. The number of nitrogens with zero attached hydrogens (tertiary/aromatic N) is 2. The SMILES string of the molecule is CN1CCCCC1[N+](=O)[O-]. The molecule has 0 radical (unpaired) electrons. The summed E-state index contributed by atoms with van der Waals surface area (Å²) in [6, 6.07) is 0. The Hall–Kier alpha value is -0.640. The molecule has 4 nitrogen and oxygen atoms in total. The van der Waals surface area contributed by atoms with Crippen molar-refractivity contribution >= 4 is 0 Å². The first kappa shape index (κ1) is 7.47. The van der Waals surface area contributed by atoms with Crippen molar-refractivity contribution in [2.45, 2.75) is 25.4 Å². The number of hydrogen-bond acceptors (Lipinski definition) is 3. The van der Waals surface area contributed by atoms with E-state index in [0.29, 0.717) is 6.42 Å². The van der Waals surface area contributed by atoms with Gasteiger partial charge in [0.15, 0.2) is 0 Å². The van der Waals surface area contributed by atoms with E-state index in [1.54, 1.807) is 0 Å². The molecule has 1 rings (SSSR count). The maximum atomic E-state index is 10.3. The van der Waals surface area contributed by atoms with Crippen molar-refractivity contribution < 1.29 is 4.92 Å². The topological polar surface area (TPSA) is 46.4 Å². The standard InChI is InChI=1S/C6H12N2O2/c1-7-5-3-2-4-6(7)8(9)10/h6H,2-5H2,1H3. The molecule has 0 aliphatic carbocycles. The molecule has 0 aromatic carbocycles. The molecule has 10 heavy (non-hydrogen) atoms. The van der Waals surface area contributed by atoms with Crippen LogP contribution in [0.3, 0.4) is 0 Å². The van der Waals surface area contributed by atoms with Crippen molar-refractivity contribution in [3.63, 3.8) is 0 Å². The monoisotopic (exact) mass is 144 g/mol. The molecule has 0 bridgehead atoms. The van der Waals surface area contributed by atoms with Gasteiger partial charge in [-0.1, -0.05) is 0 Å². The van der Waals surface area contributed by atoms with Gasteiger partial charge in [0.05, 0.1) is 0 Å². The van der Waals surface area contributed by atoms with Crippen LogP contribution in [0.4, 0.5) is 0 Å². The summed E-state index contributed by atoms with van der Waals surface area (Å²) in [6.07, 6.45) is 2.38. The number of hydrogen-bond donors (Lipinski definition) is 0. The van der Waals surface area contributed by atoms with Crippen LogP contribution < -0.4 is 0 Å². The molecular weight excluding hydrogens is 132 g/mol. The van der Waals surface area contributed by atoms with Gasteiger partial charge in [0.2, 0.25) is 0 Å². The minimum absolute atomic E-state index is 0.195. The summed E-state index contributed by atoms with van der Waals surface area (Å²) in [5.41, 5.74) is 0. The highest BCUT2D eigenvalue weighted by Gasteiger charge is 2.27. The summed E-state index contributed by atoms with van der Waals surface area (Å²) >= 11 is 0. The maximum absolute atomic E-state index is 10.3. The Balaban J connectivity index is 2.47. The zero-order valence-electron chi connectivity index (χ0n) is 6.12. The van der Waals surface area contributed by atoms with Crippen LogP contribution >= 0.6 is 0 Å². The van der Waals surface area contributed by atoms with E-state index in [1.165, 1.54) is 0 Å². The summed E-state index contributed by atoms with van der Waals surface area (Å²) in [7, 11) is 1.81. The van der Waals surface area contributed by atoms with E-state index in [4.69, 9.17) is 0 Å². The Labute approximate surface area is 60.0 Å².